The van der Waals surface area contributed by atoms with Gasteiger partial charge >= 0.3 is 29.6 Å². The van der Waals surface area contributed by atoms with Crippen LogP contribution in [-0.4, -0.2) is 17.8 Å². The Morgan fingerprint density at radius 1 is 1.21 bits per heavy atom. The molecule has 1 aliphatic rings. The number of carbonyl (C=O) groups is 2. The van der Waals surface area contributed by atoms with Gasteiger partial charge in [-0.05, 0) is 25.2 Å². The van der Waals surface area contributed by atoms with Crippen LogP contribution in [0.2, 0.25) is 0 Å². The fraction of sp³-hybridized carbons (Fsp3) is 0.769. The largest absolute Gasteiger partial charge is 1.00 e. The molecular weight excluding hydrogens is 255 g/mol. The number of aliphatic imine (C=N–C) groups is 1. The molecular formula is C13H21N2NaO3. The van der Waals surface area contributed by atoms with Crippen LogP contribution in [0.15, 0.2) is 4.99 Å². The second-order valence-corrected chi connectivity index (χ2v) is 4.78. The van der Waals surface area contributed by atoms with Gasteiger partial charge in [-0.15, -0.1) is 0 Å². The summed E-state index contributed by atoms with van der Waals surface area (Å²) in [6.07, 6.45) is 3.79. The van der Waals surface area contributed by atoms with Crippen molar-refractivity contribution >= 4 is 17.8 Å². The monoisotopic (exact) mass is 276 g/mol. The minimum Gasteiger partial charge on any atom is -0.846 e. The molecule has 0 spiro atoms. The number of amidine groups is 1. The topological polar surface area (TPSA) is 81.6 Å². The van der Waals surface area contributed by atoms with E-state index in [1.807, 2.05) is 13.8 Å². The van der Waals surface area contributed by atoms with E-state index in [1.54, 1.807) is 6.92 Å². The first kappa shape index (κ1) is 18.6. The summed E-state index contributed by atoms with van der Waals surface area (Å²) in [6, 6.07) is -0.833. The molecule has 1 atom stereocenters. The fourth-order valence-corrected chi connectivity index (χ4v) is 2.82. The molecule has 1 aliphatic heterocycles. The zero-order valence-corrected chi connectivity index (χ0v) is 14.3. The van der Waals surface area contributed by atoms with Gasteiger partial charge in [0.1, 0.15) is 5.41 Å². The van der Waals surface area contributed by atoms with Crippen molar-refractivity contribution in [2.24, 2.45) is 16.3 Å². The van der Waals surface area contributed by atoms with E-state index >= 15 is 0 Å². The molecule has 5 nitrogen and oxygen atoms in total. The SMILES string of the molecule is CCCC(CCC)C1(CC)C(=O)N=C([O-])NC1=O.[Na+]. The van der Waals surface area contributed by atoms with Gasteiger partial charge in [-0.25, -0.2) is 4.99 Å². The first-order chi connectivity index (χ1) is 8.52. The molecule has 0 radical (unpaired) electrons. The summed E-state index contributed by atoms with van der Waals surface area (Å²) in [5.74, 6) is -1.07. The molecule has 0 aliphatic carbocycles. The maximum absolute atomic E-state index is 12.1. The summed E-state index contributed by atoms with van der Waals surface area (Å²) in [4.78, 5) is 27.7. The van der Waals surface area contributed by atoms with E-state index < -0.39 is 23.3 Å². The van der Waals surface area contributed by atoms with Crippen LogP contribution in [0.4, 0.5) is 0 Å². The van der Waals surface area contributed by atoms with Crippen molar-refractivity contribution < 1.29 is 44.3 Å². The second-order valence-electron chi connectivity index (χ2n) is 4.78. The Morgan fingerprint density at radius 2 is 1.74 bits per heavy atom. The summed E-state index contributed by atoms with van der Waals surface area (Å²) in [6.45, 7) is 5.86. The predicted octanol–water partition coefficient (Wildman–Crippen LogP) is -2.02. The Bertz CT molecular complexity index is 365. The average molecular weight is 276 g/mol. The van der Waals surface area contributed by atoms with Gasteiger partial charge in [0, 0.05) is 0 Å². The zero-order chi connectivity index (χ0) is 13.8. The van der Waals surface area contributed by atoms with Crippen molar-refractivity contribution in [3.05, 3.63) is 0 Å². The molecule has 0 aromatic heterocycles. The quantitative estimate of drug-likeness (QED) is 0.449. The molecule has 0 aromatic carbocycles. The maximum Gasteiger partial charge on any atom is 1.00 e. The molecule has 102 valence electrons. The van der Waals surface area contributed by atoms with Crippen molar-refractivity contribution in [3.8, 4) is 0 Å². The molecule has 1 N–H and O–H groups in total. The van der Waals surface area contributed by atoms with Crippen LogP contribution in [0.3, 0.4) is 0 Å². The van der Waals surface area contributed by atoms with E-state index in [0.29, 0.717) is 6.42 Å². The van der Waals surface area contributed by atoms with E-state index in [1.165, 1.54) is 0 Å². The molecule has 1 rings (SSSR count). The zero-order valence-electron chi connectivity index (χ0n) is 12.3. The van der Waals surface area contributed by atoms with Crippen molar-refractivity contribution in [1.29, 1.82) is 0 Å². The molecule has 1 unspecified atom stereocenters. The van der Waals surface area contributed by atoms with Gasteiger partial charge in [0.05, 0.1) is 6.02 Å². The summed E-state index contributed by atoms with van der Waals surface area (Å²) in [7, 11) is 0. The number of hydrogen-bond acceptors (Lipinski definition) is 3. The second kappa shape index (κ2) is 8.02. The summed E-state index contributed by atoms with van der Waals surface area (Å²) in [5.41, 5.74) is -1.14. The first-order valence-electron chi connectivity index (χ1n) is 6.64. The molecule has 0 saturated carbocycles. The number of carbonyl (C=O) groups excluding carboxylic acids is 2. The minimum absolute atomic E-state index is 0. The Morgan fingerprint density at radius 3 is 2.11 bits per heavy atom. The third-order valence-corrected chi connectivity index (χ3v) is 3.74. The van der Waals surface area contributed by atoms with E-state index in [9.17, 15) is 14.7 Å². The third-order valence-electron chi connectivity index (χ3n) is 3.74. The maximum atomic E-state index is 12.1. The number of nitrogens with one attached hydrogen (secondary N) is 1. The fourth-order valence-electron chi connectivity index (χ4n) is 2.82. The van der Waals surface area contributed by atoms with Crippen LogP contribution < -0.4 is 40.0 Å². The van der Waals surface area contributed by atoms with E-state index in [4.69, 9.17) is 0 Å². The van der Waals surface area contributed by atoms with Gasteiger partial charge in [0.2, 0.25) is 5.91 Å². The van der Waals surface area contributed by atoms with Crippen LogP contribution in [0.5, 0.6) is 0 Å². The van der Waals surface area contributed by atoms with Crippen LogP contribution in [0.1, 0.15) is 52.9 Å². The Labute approximate surface area is 136 Å². The van der Waals surface area contributed by atoms with Crippen molar-refractivity contribution in [3.63, 3.8) is 0 Å². The normalized spacial score (nSPS) is 22.8. The van der Waals surface area contributed by atoms with Gasteiger partial charge in [-0.1, -0.05) is 33.6 Å². The number of hydrogen-bond donors (Lipinski definition) is 1. The number of rotatable bonds is 6. The molecule has 0 aromatic rings. The summed E-state index contributed by atoms with van der Waals surface area (Å²) >= 11 is 0. The third kappa shape index (κ3) is 3.58. The molecule has 19 heavy (non-hydrogen) atoms. The van der Waals surface area contributed by atoms with Gasteiger partial charge in [0.15, 0.2) is 0 Å². The molecule has 1 heterocycles. The van der Waals surface area contributed by atoms with Crippen LogP contribution in [0.25, 0.3) is 0 Å². The van der Waals surface area contributed by atoms with E-state index in [2.05, 4.69) is 10.3 Å². The van der Waals surface area contributed by atoms with Crippen LogP contribution in [-0.2, 0) is 9.59 Å². The van der Waals surface area contributed by atoms with Crippen molar-refractivity contribution in [2.45, 2.75) is 52.9 Å². The Kier molecular flexibility index (Phi) is 7.86. The van der Waals surface area contributed by atoms with Crippen LogP contribution >= 0.6 is 0 Å². The Balaban J connectivity index is 0.00000324. The molecule has 2 amide bonds. The van der Waals surface area contributed by atoms with Gasteiger partial charge in [0.25, 0.3) is 5.91 Å². The van der Waals surface area contributed by atoms with Crippen molar-refractivity contribution in [1.82, 2.24) is 5.32 Å². The molecule has 0 saturated heterocycles. The number of amides is 2. The molecule has 0 fully saturated rings. The predicted molar refractivity (Wildman–Crippen MR) is 66.6 cm³/mol. The smallest absolute Gasteiger partial charge is 0.846 e. The van der Waals surface area contributed by atoms with Gasteiger partial charge in [-0.3, -0.25) is 9.59 Å². The summed E-state index contributed by atoms with van der Waals surface area (Å²) in [5, 5.41) is 13.3. The van der Waals surface area contributed by atoms with Crippen molar-refractivity contribution in [2.75, 3.05) is 0 Å². The molecule has 0 bridgehead atoms. The van der Waals surface area contributed by atoms with Gasteiger partial charge < -0.3 is 10.4 Å². The summed E-state index contributed by atoms with van der Waals surface area (Å²) < 4.78 is 0. The van der Waals surface area contributed by atoms with E-state index in [0.717, 1.165) is 25.7 Å². The van der Waals surface area contributed by atoms with E-state index in [-0.39, 0.29) is 35.5 Å². The number of nitrogens with zero attached hydrogens (tertiary/aromatic N) is 1. The van der Waals surface area contributed by atoms with Crippen LogP contribution in [0, 0.1) is 11.3 Å². The average Bonchev–Trinajstić information content (AvgIpc) is 2.29. The minimum atomic E-state index is -1.14. The standard InChI is InChI=1S/C13H22N2O3.Na/c1-4-7-9(8-5-2)13(6-3)10(16)14-12(18)15-11(13)17;/h9H,4-8H2,1-3H3,(H2,14,15,16,17,18);/q;+1/p-1. The van der Waals surface area contributed by atoms with Gasteiger partial charge in [-0.2, -0.15) is 0 Å². The first-order valence-corrected chi connectivity index (χ1v) is 6.64. The Hall–Kier alpha value is -0.390. The molecule has 6 heteroatoms.